The molecule has 25 heavy (non-hydrogen) atoms. The average Bonchev–Trinajstić information content (AvgIpc) is 2.57. The Kier molecular flexibility index (Phi) is 4.74. The first-order valence-electron chi connectivity index (χ1n) is 8.70. The molecule has 0 aromatic carbocycles. The van der Waals surface area contributed by atoms with E-state index in [1.807, 2.05) is 25.7 Å². The van der Waals surface area contributed by atoms with E-state index in [2.05, 4.69) is 15.0 Å². The number of aromatic nitrogens is 4. The summed E-state index contributed by atoms with van der Waals surface area (Å²) in [6.07, 6.45) is 6.65. The van der Waals surface area contributed by atoms with Crippen LogP contribution in [0.4, 0.5) is 5.82 Å². The summed E-state index contributed by atoms with van der Waals surface area (Å²) in [4.78, 5) is 37.5. The first-order valence-corrected chi connectivity index (χ1v) is 8.70. The molecular formula is C18H25N5O2. The number of H-pyrrole nitrogens is 1. The van der Waals surface area contributed by atoms with Crippen LogP contribution in [0, 0.1) is 5.92 Å². The van der Waals surface area contributed by atoms with E-state index in [9.17, 15) is 9.59 Å². The monoisotopic (exact) mass is 343 g/mol. The minimum Gasteiger partial charge on any atom is -0.352 e. The lowest BCUT2D eigenvalue weighted by Crippen LogP contribution is -2.39. The summed E-state index contributed by atoms with van der Waals surface area (Å²) >= 11 is 0. The summed E-state index contributed by atoms with van der Waals surface area (Å²) in [5, 5.41) is 0. The van der Waals surface area contributed by atoms with Gasteiger partial charge in [0.05, 0.1) is 12.0 Å². The number of nitrogens with one attached hydrogen (secondary N) is 1. The molecule has 2 aromatic heterocycles. The number of hydrogen-bond donors (Lipinski definition) is 1. The van der Waals surface area contributed by atoms with Gasteiger partial charge in [-0.15, -0.1) is 0 Å². The Balaban J connectivity index is 1.64. The van der Waals surface area contributed by atoms with Crippen LogP contribution in [-0.2, 0) is 12.0 Å². The van der Waals surface area contributed by atoms with Crippen molar-refractivity contribution in [1.29, 1.82) is 0 Å². The lowest BCUT2D eigenvalue weighted by molar-refractivity contribution is 0.348. The predicted molar refractivity (Wildman–Crippen MR) is 97.0 cm³/mol. The Morgan fingerprint density at radius 1 is 1.20 bits per heavy atom. The third-order valence-electron chi connectivity index (χ3n) is 4.71. The maximum atomic E-state index is 12.3. The van der Waals surface area contributed by atoms with Gasteiger partial charge in [0.25, 0.3) is 11.1 Å². The molecule has 134 valence electrons. The van der Waals surface area contributed by atoms with Gasteiger partial charge in [0.1, 0.15) is 0 Å². The zero-order valence-electron chi connectivity index (χ0n) is 15.0. The smallest absolute Gasteiger partial charge is 0.290 e. The Hall–Kier alpha value is -2.44. The summed E-state index contributed by atoms with van der Waals surface area (Å²) in [7, 11) is 0. The molecule has 0 saturated carbocycles. The Morgan fingerprint density at radius 3 is 2.52 bits per heavy atom. The summed E-state index contributed by atoms with van der Waals surface area (Å²) < 4.78 is 1.70. The van der Waals surface area contributed by atoms with E-state index < -0.39 is 0 Å². The molecule has 1 saturated heterocycles. The predicted octanol–water partition coefficient (Wildman–Crippen LogP) is 1.54. The van der Waals surface area contributed by atoms with Crippen LogP contribution in [0.5, 0.6) is 0 Å². The largest absolute Gasteiger partial charge is 0.352 e. The fourth-order valence-electron chi connectivity index (χ4n) is 3.15. The number of hydrogen-bond acceptors (Lipinski definition) is 5. The average molecular weight is 343 g/mol. The van der Waals surface area contributed by atoms with Crippen molar-refractivity contribution in [2.45, 2.75) is 45.6 Å². The van der Waals surface area contributed by atoms with E-state index in [-0.39, 0.29) is 16.5 Å². The van der Waals surface area contributed by atoms with E-state index in [0.29, 0.717) is 18.3 Å². The van der Waals surface area contributed by atoms with E-state index in [1.165, 1.54) is 0 Å². The fourth-order valence-corrected chi connectivity index (χ4v) is 3.15. The highest BCUT2D eigenvalue weighted by Gasteiger charge is 2.23. The second-order valence-electron chi connectivity index (χ2n) is 7.69. The van der Waals surface area contributed by atoms with Gasteiger partial charge in [-0.05, 0) is 18.8 Å². The van der Waals surface area contributed by atoms with Gasteiger partial charge in [0.15, 0.2) is 5.82 Å². The third-order valence-corrected chi connectivity index (χ3v) is 4.71. The van der Waals surface area contributed by atoms with E-state index in [4.69, 9.17) is 0 Å². The number of piperidine rings is 1. The minimum absolute atomic E-state index is 0.00326. The molecule has 0 spiro atoms. The highest BCUT2D eigenvalue weighted by atomic mass is 16.1. The molecular weight excluding hydrogens is 318 g/mol. The number of anilines is 1. The van der Waals surface area contributed by atoms with Gasteiger partial charge in [-0.2, -0.15) is 0 Å². The van der Waals surface area contributed by atoms with Crippen LogP contribution in [0.3, 0.4) is 0 Å². The third kappa shape index (κ3) is 3.97. The van der Waals surface area contributed by atoms with Crippen LogP contribution in [0.1, 0.15) is 39.3 Å². The van der Waals surface area contributed by atoms with Crippen molar-refractivity contribution < 1.29 is 0 Å². The maximum Gasteiger partial charge on any atom is 0.290 e. The molecule has 2 aromatic rings. The normalized spacial score (nSPS) is 16.2. The quantitative estimate of drug-likeness (QED) is 0.914. The molecule has 3 heterocycles. The fraction of sp³-hybridized carbons (Fsp3) is 0.556. The van der Waals surface area contributed by atoms with Crippen molar-refractivity contribution in [2.24, 2.45) is 5.92 Å². The van der Waals surface area contributed by atoms with Gasteiger partial charge < -0.3 is 9.88 Å². The number of aromatic amines is 1. The van der Waals surface area contributed by atoms with Crippen LogP contribution < -0.4 is 16.0 Å². The summed E-state index contributed by atoms with van der Waals surface area (Å²) in [5.74, 6) is 0.883. The van der Waals surface area contributed by atoms with Crippen molar-refractivity contribution in [3.63, 3.8) is 0 Å². The zero-order chi connectivity index (χ0) is 18.0. The highest BCUT2D eigenvalue weighted by molar-refractivity contribution is 5.35. The van der Waals surface area contributed by atoms with Crippen LogP contribution in [0.25, 0.3) is 0 Å². The van der Waals surface area contributed by atoms with Gasteiger partial charge in [-0.3, -0.25) is 14.2 Å². The highest BCUT2D eigenvalue weighted by Crippen LogP contribution is 2.21. The van der Waals surface area contributed by atoms with E-state index in [0.717, 1.165) is 31.6 Å². The molecule has 7 nitrogen and oxygen atoms in total. The summed E-state index contributed by atoms with van der Waals surface area (Å²) in [6.45, 7) is 8.36. The lowest BCUT2D eigenvalue weighted by atomic mass is 9.92. The minimum atomic E-state index is -0.154. The number of nitrogens with zero attached hydrogens (tertiary/aromatic N) is 4. The Morgan fingerprint density at radius 2 is 1.92 bits per heavy atom. The summed E-state index contributed by atoms with van der Waals surface area (Å²) in [5.41, 5.74) is 0.542. The van der Waals surface area contributed by atoms with Gasteiger partial charge in [-0.1, -0.05) is 20.8 Å². The van der Waals surface area contributed by atoms with Gasteiger partial charge >= 0.3 is 0 Å². The molecule has 1 aliphatic rings. The van der Waals surface area contributed by atoms with Crippen LogP contribution in [0.2, 0.25) is 0 Å². The molecule has 1 aliphatic heterocycles. The van der Waals surface area contributed by atoms with Crippen molar-refractivity contribution in [2.75, 3.05) is 18.0 Å². The van der Waals surface area contributed by atoms with Crippen LogP contribution in [-0.4, -0.2) is 32.6 Å². The van der Waals surface area contributed by atoms with E-state index >= 15 is 0 Å². The molecule has 0 atom stereocenters. The topological polar surface area (TPSA) is 83.9 Å². The van der Waals surface area contributed by atoms with Gasteiger partial charge in [0.2, 0.25) is 0 Å². The molecule has 1 N–H and O–H groups in total. The SMILES string of the molecule is CC(C)(C)c1cc(=O)n(CC2CCN(c3ncc[nH]c3=O)CC2)cn1. The summed E-state index contributed by atoms with van der Waals surface area (Å²) in [6, 6.07) is 1.64. The maximum absolute atomic E-state index is 12.3. The van der Waals surface area contributed by atoms with Crippen LogP contribution >= 0.6 is 0 Å². The molecule has 7 heteroatoms. The Labute approximate surface area is 146 Å². The Bertz CT molecular complexity index is 841. The van der Waals surface area contributed by atoms with Crippen molar-refractivity contribution in [3.8, 4) is 0 Å². The van der Waals surface area contributed by atoms with Gasteiger partial charge in [0, 0.05) is 43.5 Å². The first-order chi connectivity index (χ1) is 11.8. The molecule has 0 radical (unpaired) electrons. The lowest BCUT2D eigenvalue weighted by Gasteiger charge is -2.32. The standard InChI is InChI=1S/C18H25N5O2/c1-18(2,3)14-10-15(24)23(12-21-14)11-13-4-8-22(9-5-13)16-17(25)20-7-6-19-16/h6-7,10,12-13H,4-5,8-9,11H2,1-3H3,(H,20,25). The van der Waals surface area contributed by atoms with Crippen molar-refractivity contribution >= 4 is 5.82 Å². The molecule has 0 bridgehead atoms. The molecule has 0 aliphatic carbocycles. The zero-order valence-corrected chi connectivity index (χ0v) is 15.0. The van der Waals surface area contributed by atoms with Crippen molar-refractivity contribution in [1.82, 2.24) is 19.5 Å². The second kappa shape index (κ2) is 6.82. The van der Waals surface area contributed by atoms with Crippen LogP contribution in [0.15, 0.2) is 34.4 Å². The molecule has 1 fully saturated rings. The first kappa shape index (κ1) is 17.4. The van der Waals surface area contributed by atoms with E-state index in [1.54, 1.807) is 29.4 Å². The molecule has 0 unspecified atom stereocenters. The van der Waals surface area contributed by atoms with Crippen molar-refractivity contribution in [3.05, 3.63) is 51.2 Å². The number of rotatable bonds is 3. The second-order valence-corrected chi connectivity index (χ2v) is 7.69. The molecule has 3 rings (SSSR count). The van der Waals surface area contributed by atoms with Gasteiger partial charge in [-0.25, -0.2) is 9.97 Å². The molecule has 0 amide bonds.